The summed E-state index contributed by atoms with van der Waals surface area (Å²) in [5.74, 6) is 0.630. The highest BCUT2D eigenvalue weighted by atomic mass is 79.9. The molecule has 2 rings (SSSR count). The quantitative estimate of drug-likeness (QED) is 0.852. The number of carbonyl (C=O) groups is 1. The molecule has 0 aromatic heterocycles. The van der Waals surface area contributed by atoms with Gasteiger partial charge in [0.2, 0.25) is 0 Å². The summed E-state index contributed by atoms with van der Waals surface area (Å²) in [5, 5.41) is 2.92. The lowest BCUT2D eigenvalue weighted by Crippen LogP contribution is -2.31. The van der Waals surface area contributed by atoms with Gasteiger partial charge in [0.1, 0.15) is 12.4 Å². The van der Waals surface area contributed by atoms with Gasteiger partial charge in [0, 0.05) is 16.1 Å². The van der Waals surface area contributed by atoms with Crippen LogP contribution in [-0.4, -0.2) is 11.9 Å². The molecule has 2 aromatic carbocycles. The predicted molar refractivity (Wildman–Crippen MR) is 92.3 cm³/mol. The first kappa shape index (κ1) is 16.6. The Kier molecular flexibility index (Phi) is 5.61. The van der Waals surface area contributed by atoms with E-state index < -0.39 is 0 Å². The van der Waals surface area contributed by atoms with Gasteiger partial charge < -0.3 is 10.1 Å². The van der Waals surface area contributed by atoms with E-state index in [0.717, 1.165) is 21.3 Å². The number of halogens is 1. The van der Waals surface area contributed by atoms with E-state index >= 15 is 0 Å². The number of amides is 1. The summed E-state index contributed by atoms with van der Waals surface area (Å²) >= 11 is 3.45. The molecule has 4 heteroatoms. The molecule has 0 unspecified atom stereocenters. The Morgan fingerprint density at radius 1 is 1.18 bits per heavy atom. The number of ether oxygens (including phenoxy) is 1. The van der Waals surface area contributed by atoms with E-state index in [0.29, 0.717) is 12.2 Å². The van der Waals surface area contributed by atoms with Crippen molar-refractivity contribution in [1.29, 1.82) is 0 Å². The molecule has 0 aliphatic heterocycles. The maximum Gasteiger partial charge on any atom is 0.253 e. The van der Waals surface area contributed by atoms with E-state index in [1.165, 1.54) is 0 Å². The molecule has 1 amide bonds. The van der Waals surface area contributed by atoms with Crippen molar-refractivity contribution < 1.29 is 9.53 Å². The topological polar surface area (TPSA) is 38.3 Å². The van der Waals surface area contributed by atoms with Gasteiger partial charge in [-0.25, -0.2) is 0 Å². The molecule has 0 saturated heterocycles. The zero-order chi connectivity index (χ0) is 16.1. The molecule has 0 aliphatic rings. The minimum absolute atomic E-state index is 0.0905. The lowest BCUT2D eigenvalue weighted by molar-refractivity contribution is 0.0941. The van der Waals surface area contributed by atoms with Crippen LogP contribution in [0.15, 0.2) is 46.9 Å². The van der Waals surface area contributed by atoms with Gasteiger partial charge in [0.25, 0.3) is 5.91 Å². The number of benzene rings is 2. The van der Waals surface area contributed by atoms with Gasteiger partial charge in [-0.1, -0.05) is 30.3 Å². The van der Waals surface area contributed by atoms with Crippen molar-refractivity contribution in [2.45, 2.75) is 33.4 Å². The summed E-state index contributed by atoms with van der Waals surface area (Å²) in [7, 11) is 0. The van der Waals surface area contributed by atoms with Gasteiger partial charge in [-0.2, -0.15) is 0 Å². The lowest BCUT2D eigenvalue weighted by Gasteiger charge is -2.16. The first-order valence-corrected chi connectivity index (χ1v) is 8.05. The minimum atomic E-state index is -0.0930. The van der Waals surface area contributed by atoms with Crippen LogP contribution in [0.25, 0.3) is 0 Å². The maximum atomic E-state index is 12.3. The number of rotatable bonds is 5. The van der Waals surface area contributed by atoms with Crippen LogP contribution in [0.5, 0.6) is 5.75 Å². The fourth-order valence-electron chi connectivity index (χ4n) is 2.16. The molecule has 0 heterocycles. The van der Waals surface area contributed by atoms with Gasteiger partial charge in [0.15, 0.2) is 0 Å². The molecular weight excluding hydrogens is 342 g/mol. The molecule has 116 valence electrons. The van der Waals surface area contributed by atoms with Crippen molar-refractivity contribution >= 4 is 21.8 Å². The van der Waals surface area contributed by atoms with Crippen molar-refractivity contribution in [3.63, 3.8) is 0 Å². The summed E-state index contributed by atoms with van der Waals surface area (Å²) in [5.41, 5.74) is 2.56. The van der Waals surface area contributed by atoms with Crippen LogP contribution < -0.4 is 10.1 Å². The first-order chi connectivity index (χ1) is 10.5. The van der Waals surface area contributed by atoms with Gasteiger partial charge in [-0.15, -0.1) is 0 Å². The van der Waals surface area contributed by atoms with Crippen molar-refractivity contribution in [1.82, 2.24) is 5.32 Å². The van der Waals surface area contributed by atoms with Crippen molar-refractivity contribution in [2.75, 3.05) is 0 Å². The van der Waals surface area contributed by atoms with Crippen LogP contribution in [0.2, 0.25) is 0 Å². The van der Waals surface area contributed by atoms with E-state index in [4.69, 9.17) is 4.74 Å². The molecule has 0 radical (unpaired) electrons. The van der Waals surface area contributed by atoms with Crippen LogP contribution in [0.1, 0.15) is 35.3 Å². The molecule has 0 atom stereocenters. The third-order valence-electron chi connectivity index (χ3n) is 3.25. The molecule has 0 fully saturated rings. The van der Waals surface area contributed by atoms with Crippen LogP contribution in [-0.2, 0) is 6.61 Å². The van der Waals surface area contributed by atoms with Crippen LogP contribution in [0, 0.1) is 6.92 Å². The Bertz CT molecular complexity index is 654. The SMILES string of the molecule is Cc1c(OCc2ccccc2)ccc(Br)c1C(=O)NC(C)C. The fraction of sp³-hybridized carbons (Fsp3) is 0.278. The lowest BCUT2D eigenvalue weighted by atomic mass is 10.1. The summed E-state index contributed by atoms with van der Waals surface area (Å²) in [6.07, 6.45) is 0. The third kappa shape index (κ3) is 4.10. The molecule has 0 bridgehead atoms. The molecule has 0 aliphatic carbocycles. The molecular formula is C18H20BrNO2. The van der Waals surface area contributed by atoms with E-state index in [2.05, 4.69) is 21.2 Å². The summed E-state index contributed by atoms with van der Waals surface area (Å²) in [6, 6.07) is 13.8. The van der Waals surface area contributed by atoms with E-state index in [1.54, 1.807) is 0 Å². The molecule has 0 spiro atoms. The Labute approximate surface area is 139 Å². The summed E-state index contributed by atoms with van der Waals surface area (Å²) < 4.78 is 6.65. The number of hydrogen-bond donors (Lipinski definition) is 1. The molecule has 0 saturated carbocycles. The van der Waals surface area contributed by atoms with E-state index in [-0.39, 0.29) is 11.9 Å². The van der Waals surface area contributed by atoms with E-state index in [9.17, 15) is 4.79 Å². The average Bonchev–Trinajstić information content (AvgIpc) is 2.47. The van der Waals surface area contributed by atoms with Gasteiger partial charge in [-0.05, 0) is 54.4 Å². The number of hydrogen-bond acceptors (Lipinski definition) is 2. The van der Waals surface area contributed by atoms with Crippen LogP contribution in [0.3, 0.4) is 0 Å². The summed E-state index contributed by atoms with van der Waals surface area (Å²) in [4.78, 5) is 12.3. The second-order valence-corrected chi connectivity index (χ2v) is 6.30. The molecule has 2 aromatic rings. The second kappa shape index (κ2) is 7.45. The molecule has 22 heavy (non-hydrogen) atoms. The Balaban J connectivity index is 2.21. The van der Waals surface area contributed by atoms with Crippen LogP contribution in [0.4, 0.5) is 0 Å². The fourth-order valence-corrected chi connectivity index (χ4v) is 2.77. The second-order valence-electron chi connectivity index (χ2n) is 5.45. The summed E-state index contributed by atoms with van der Waals surface area (Å²) in [6.45, 7) is 6.27. The Morgan fingerprint density at radius 2 is 1.86 bits per heavy atom. The number of carbonyl (C=O) groups excluding carboxylic acids is 1. The standard InChI is InChI=1S/C18H20BrNO2/c1-12(2)20-18(21)17-13(3)16(10-9-15(17)19)22-11-14-7-5-4-6-8-14/h4-10,12H,11H2,1-3H3,(H,20,21). The van der Waals surface area contributed by atoms with Crippen LogP contribution >= 0.6 is 15.9 Å². The Morgan fingerprint density at radius 3 is 2.50 bits per heavy atom. The van der Waals surface area contributed by atoms with Crippen molar-refractivity contribution in [3.05, 3.63) is 63.6 Å². The minimum Gasteiger partial charge on any atom is -0.489 e. The van der Waals surface area contributed by atoms with Gasteiger partial charge in [-0.3, -0.25) is 4.79 Å². The largest absolute Gasteiger partial charge is 0.489 e. The highest BCUT2D eigenvalue weighted by molar-refractivity contribution is 9.10. The highest BCUT2D eigenvalue weighted by Gasteiger charge is 2.17. The first-order valence-electron chi connectivity index (χ1n) is 7.25. The molecule has 3 nitrogen and oxygen atoms in total. The van der Waals surface area contributed by atoms with Gasteiger partial charge in [0.05, 0.1) is 5.56 Å². The zero-order valence-corrected chi connectivity index (χ0v) is 14.6. The number of nitrogens with one attached hydrogen (secondary N) is 1. The zero-order valence-electron chi connectivity index (χ0n) is 13.0. The highest BCUT2D eigenvalue weighted by Crippen LogP contribution is 2.29. The monoisotopic (exact) mass is 361 g/mol. The smallest absolute Gasteiger partial charge is 0.253 e. The van der Waals surface area contributed by atoms with Gasteiger partial charge >= 0.3 is 0 Å². The van der Waals surface area contributed by atoms with E-state index in [1.807, 2.05) is 63.2 Å². The average molecular weight is 362 g/mol. The van der Waals surface area contributed by atoms with Crippen molar-refractivity contribution in [3.8, 4) is 5.75 Å². The Hall–Kier alpha value is -1.81. The maximum absolute atomic E-state index is 12.3. The molecule has 1 N–H and O–H groups in total. The predicted octanol–water partition coefficient (Wildman–Crippen LogP) is 4.47. The third-order valence-corrected chi connectivity index (χ3v) is 3.91. The van der Waals surface area contributed by atoms with Crippen molar-refractivity contribution in [2.24, 2.45) is 0 Å². The normalized spacial score (nSPS) is 10.6.